The zero-order chi connectivity index (χ0) is 14.5. The van der Waals surface area contributed by atoms with E-state index in [1.165, 1.54) is 12.1 Å². The van der Waals surface area contributed by atoms with Crippen LogP contribution in [0, 0.1) is 0 Å². The van der Waals surface area contributed by atoms with Crippen molar-refractivity contribution in [2.75, 3.05) is 5.32 Å². The Bertz CT molecular complexity index is 474. The molecule has 0 saturated heterocycles. The number of aromatic nitrogens is 1. The summed E-state index contributed by atoms with van der Waals surface area (Å²) in [6, 6.07) is 4.21. The van der Waals surface area contributed by atoms with Gasteiger partial charge in [0, 0.05) is 12.1 Å². The molecule has 0 aromatic carbocycles. The molecular formula is C11H11F3N2O3. The Morgan fingerprint density at radius 3 is 2.58 bits per heavy atom. The van der Waals surface area contributed by atoms with Gasteiger partial charge in [0.05, 0.1) is 0 Å². The van der Waals surface area contributed by atoms with Crippen LogP contribution < -0.4 is 5.32 Å². The lowest BCUT2D eigenvalue weighted by atomic mass is 10.2. The average molecular weight is 276 g/mol. The van der Waals surface area contributed by atoms with Crippen molar-refractivity contribution in [1.82, 2.24) is 4.98 Å². The largest absolute Gasteiger partial charge is 0.481 e. The maximum absolute atomic E-state index is 12.0. The third-order valence-electron chi connectivity index (χ3n) is 2.13. The minimum Gasteiger partial charge on any atom is -0.481 e. The molecule has 19 heavy (non-hydrogen) atoms. The highest BCUT2D eigenvalue weighted by molar-refractivity contribution is 5.94. The first-order chi connectivity index (χ1) is 8.79. The van der Waals surface area contributed by atoms with Crippen LogP contribution in [0.5, 0.6) is 0 Å². The van der Waals surface area contributed by atoms with E-state index < -0.39 is 18.1 Å². The molecule has 1 heterocycles. The normalized spacial score (nSPS) is 11.1. The van der Waals surface area contributed by atoms with Crippen LogP contribution in [0.4, 0.5) is 19.0 Å². The van der Waals surface area contributed by atoms with Gasteiger partial charge in [0.1, 0.15) is 5.82 Å². The first-order valence-corrected chi connectivity index (χ1v) is 5.35. The molecule has 0 aliphatic heterocycles. The van der Waals surface area contributed by atoms with Gasteiger partial charge in [0.2, 0.25) is 0 Å². The van der Waals surface area contributed by atoms with Crippen LogP contribution in [-0.4, -0.2) is 28.1 Å². The van der Waals surface area contributed by atoms with E-state index in [2.05, 4.69) is 4.98 Å². The molecule has 104 valence electrons. The number of aliphatic carboxylic acids is 1. The number of aryl methyl sites for hydroxylation is 1. The van der Waals surface area contributed by atoms with E-state index >= 15 is 0 Å². The van der Waals surface area contributed by atoms with Crippen LogP contribution in [0.15, 0.2) is 18.2 Å². The molecule has 1 aromatic rings. The summed E-state index contributed by atoms with van der Waals surface area (Å²) in [5, 5.41) is 10.1. The van der Waals surface area contributed by atoms with Crippen molar-refractivity contribution in [3.63, 3.8) is 0 Å². The highest BCUT2D eigenvalue weighted by Gasteiger charge is 2.38. The van der Waals surface area contributed by atoms with Crippen molar-refractivity contribution in [3.8, 4) is 0 Å². The van der Waals surface area contributed by atoms with E-state index in [4.69, 9.17) is 5.11 Å². The number of carbonyl (C=O) groups is 2. The molecule has 2 N–H and O–H groups in total. The Hall–Kier alpha value is -2.12. The Balaban J connectivity index is 2.62. The molecule has 8 heteroatoms. The van der Waals surface area contributed by atoms with Crippen molar-refractivity contribution in [2.24, 2.45) is 0 Å². The molecule has 0 radical (unpaired) electrons. The van der Waals surface area contributed by atoms with Crippen LogP contribution in [-0.2, 0) is 16.0 Å². The number of nitrogens with one attached hydrogen (secondary N) is 1. The summed E-state index contributed by atoms with van der Waals surface area (Å²) in [6.45, 7) is 0. The number of halogens is 3. The zero-order valence-electron chi connectivity index (χ0n) is 9.70. The molecule has 5 nitrogen and oxygen atoms in total. The Kier molecular flexibility index (Phi) is 4.85. The van der Waals surface area contributed by atoms with E-state index in [1.807, 2.05) is 0 Å². The molecule has 0 atom stereocenters. The Morgan fingerprint density at radius 2 is 2.00 bits per heavy atom. The number of carboxylic acids is 1. The van der Waals surface area contributed by atoms with Crippen molar-refractivity contribution in [2.45, 2.75) is 25.4 Å². The third kappa shape index (κ3) is 5.36. The number of amides is 1. The minimum absolute atomic E-state index is 0.0547. The maximum Gasteiger partial charge on any atom is 0.471 e. The number of hydrogen-bond donors (Lipinski definition) is 2. The van der Waals surface area contributed by atoms with Crippen LogP contribution in [0.25, 0.3) is 0 Å². The van der Waals surface area contributed by atoms with Gasteiger partial charge in [-0.1, -0.05) is 6.07 Å². The van der Waals surface area contributed by atoms with Gasteiger partial charge in [0.25, 0.3) is 0 Å². The fraction of sp³-hybridized carbons (Fsp3) is 0.364. The van der Waals surface area contributed by atoms with Gasteiger partial charge < -0.3 is 10.4 Å². The first-order valence-electron chi connectivity index (χ1n) is 5.35. The predicted octanol–water partition coefficient (Wildman–Crippen LogP) is 1.99. The number of carbonyl (C=O) groups excluding carboxylic acids is 1. The fourth-order valence-electron chi connectivity index (χ4n) is 1.30. The molecule has 0 fully saturated rings. The molecule has 0 aliphatic rings. The molecule has 0 spiro atoms. The van der Waals surface area contributed by atoms with E-state index in [1.54, 1.807) is 11.4 Å². The van der Waals surface area contributed by atoms with Gasteiger partial charge >= 0.3 is 18.1 Å². The van der Waals surface area contributed by atoms with Gasteiger partial charge in [-0.2, -0.15) is 13.2 Å². The number of pyridine rings is 1. The quantitative estimate of drug-likeness (QED) is 0.862. The monoisotopic (exact) mass is 276 g/mol. The first kappa shape index (κ1) is 14.9. The highest BCUT2D eigenvalue weighted by Crippen LogP contribution is 2.17. The number of carboxylic acid groups (broad SMARTS) is 1. The Labute approximate surface area is 106 Å². The van der Waals surface area contributed by atoms with Crippen LogP contribution in [0.2, 0.25) is 0 Å². The molecule has 1 aromatic heterocycles. The summed E-state index contributed by atoms with van der Waals surface area (Å²) in [4.78, 5) is 24.8. The highest BCUT2D eigenvalue weighted by atomic mass is 19.4. The molecule has 0 aliphatic carbocycles. The van der Waals surface area contributed by atoms with E-state index in [-0.39, 0.29) is 12.2 Å². The lowest BCUT2D eigenvalue weighted by Crippen LogP contribution is -2.30. The van der Waals surface area contributed by atoms with Gasteiger partial charge in [-0.15, -0.1) is 0 Å². The minimum atomic E-state index is -4.97. The van der Waals surface area contributed by atoms with Gasteiger partial charge in [0.15, 0.2) is 0 Å². The SMILES string of the molecule is O=C(O)CCCc1cccc(NC(=O)C(F)(F)F)n1. The van der Waals surface area contributed by atoms with Crippen LogP contribution in [0.3, 0.4) is 0 Å². The number of nitrogens with zero attached hydrogens (tertiary/aromatic N) is 1. The Morgan fingerprint density at radius 1 is 1.32 bits per heavy atom. The van der Waals surface area contributed by atoms with Crippen LogP contribution >= 0.6 is 0 Å². The summed E-state index contributed by atoms with van der Waals surface area (Å²) in [7, 11) is 0. The molecule has 0 bridgehead atoms. The molecule has 1 rings (SSSR count). The molecular weight excluding hydrogens is 265 g/mol. The van der Waals surface area contributed by atoms with E-state index in [0.717, 1.165) is 0 Å². The van der Waals surface area contributed by atoms with Gasteiger partial charge in [-0.05, 0) is 25.0 Å². The lowest BCUT2D eigenvalue weighted by Gasteiger charge is -2.08. The second-order valence-corrected chi connectivity index (χ2v) is 3.71. The summed E-state index contributed by atoms with van der Waals surface area (Å²) < 4.78 is 36.1. The number of anilines is 1. The summed E-state index contributed by atoms with van der Waals surface area (Å²) >= 11 is 0. The predicted molar refractivity (Wildman–Crippen MR) is 59.5 cm³/mol. The number of hydrogen-bond acceptors (Lipinski definition) is 3. The summed E-state index contributed by atoms with van der Waals surface area (Å²) in [5.74, 6) is -3.26. The molecule has 0 unspecified atom stereocenters. The second kappa shape index (κ2) is 6.17. The molecule has 1 amide bonds. The molecule has 0 saturated carbocycles. The zero-order valence-corrected chi connectivity index (χ0v) is 9.70. The smallest absolute Gasteiger partial charge is 0.471 e. The summed E-state index contributed by atoms with van der Waals surface area (Å²) in [6.07, 6.45) is -4.40. The van der Waals surface area contributed by atoms with Crippen molar-refractivity contribution in [1.29, 1.82) is 0 Å². The second-order valence-electron chi connectivity index (χ2n) is 3.71. The fourth-order valence-corrected chi connectivity index (χ4v) is 1.30. The number of rotatable bonds is 5. The van der Waals surface area contributed by atoms with Crippen LogP contribution in [0.1, 0.15) is 18.5 Å². The summed E-state index contributed by atoms with van der Waals surface area (Å²) in [5.41, 5.74) is 0.418. The average Bonchev–Trinajstić information content (AvgIpc) is 2.27. The maximum atomic E-state index is 12.0. The van der Waals surface area contributed by atoms with Gasteiger partial charge in [-0.25, -0.2) is 4.98 Å². The third-order valence-corrected chi connectivity index (χ3v) is 2.13. The number of alkyl halides is 3. The van der Waals surface area contributed by atoms with Crippen molar-refractivity contribution < 1.29 is 27.9 Å². The lowest BCUT2D eigenvalue weighted by molar-refractivity contribution is -0.167. The standard InChI is InChI=1S/C11H11F3N2O3/c12-11(13,14)10(19)16-8-5-1-3-7(15-8)4-2-6-9(17)18/h1,3,5H,2,4,6H2,(H,17,18)(H,15,16,19). The van der Waals surface area contributed by atoms with Crippen molar-refractivity contribution >= 4 is 17.7 Å². The van der Waals surface area contributed by atoms with E-state index in [9.17, 15) is 22.8 Å². The van der Waals surface area contributed by atoms with E-state index in [0.29, 0.717) is 18.5 Å². The van der Waals surface area contributed by atoms with Crippen molar-refractivity contribution in [3.05, 3.63) is 23.9 Å². The topological polar surface area (TPSA) is 79.3 Å². The van der Waals surface area contributed by atoms with Gasteiger partial charge in [-0.3, -0.25) is 9.59 Å².